The molecule has 0 bridgehead atoms. The summed E-state index contributed by atoms with van der Waals surface area (Å²) in [4.78, 5) is 13.7. The quantitative estimate of drug-likeness (QED) is 0.780. The smallest absolute Gasteiger partial charge is 0.384 e. The van der Waals surface area contributed by atoms with Crippen LogP contribution in [0, 0.1) is 6.92 Å². The third-order valence-corrected chi connectivity index (χ3v) is 4.14. The normalized spacial score (nSPS) is 12.9. The summed E-state index contributed by atoms with van der Waals surface area (Å²) in [5, 5.41) is 7.18. The highest BCUT2D eigenvalue weighted by Crippen LogP contribution is 2.26. The molecule has 0 fully saturated rings. The number of aromatic nitrogens is 2. The third kappa shape index (κ3) is 2.77. The van der Waals surface area contributed by atoms with Gasteiger partial charge in [0.05, 0.1) is 0 Å². The van der Waals surface area contributed by atoms with Crippen molar-refractivity contribution >= 4 is 5.69 Å². The lowest BCUT2D eigenvalue weighted by molar-refractivity contribution is 0.388. The molecule has 0 unspecified atom stereocenters. The summed E-state index contributed by atoms with van der Waals surface area (Å²) in [5.41, 5.74) is 7.07. The number of rotatable bonds is 3. The van der Waals surface area contributed by atoms with E-state index in [1.54, 1.807) is 0 Å². The van der Waals surface area contributed by atoms with Crippen LogP contribution in [-0.4, -0.2) is 16.7 Å². The Kier molecular flexibility index (Phi) is 3.26. The molecule has 0 saturated heterocycles. The van der Waals surface area contributed by atoms with Gasteiger partial charge in [-0.25, -0.2) is 4.79 Å². The van der Waals surface area contributed by atoms with Crippen LogP contribution in [0.1, 0.15) is 22.3 Å². The SMILES string of the molecule is Cc1cc(Cc2ccc3c(c2)NCC3)cc(-c2noc(=O)[nH]2)c1. The van der Waals surface area contributed by atoms with Crippen molar-refractivity contribution in [2.24, 2.45) is 0 Å². The fraction of sp³-hybridized carbons (Fsp3) is 0.222. The zero-order valence-electron chi connectivity index (χ0n) is 12.8. The van der Waals surface area contributed by atoms with Crippen molar-refractivity contribution in [3.63, 3.8) is 0 Å². The minimum atomic E-state index is -0.534. The van der Waals surface area contributed by atoms with E-state index in [0.717, 1.165) is 30.5 Å². The molecule has 4 rings (SSSR count). The van der Waals surface area contributed by atoms with Gasteiger partial charge in [0.15, 0.2) is 5.82 Å². The van der Waals surface area contributed by atoms with Gasteiger partial charge in [0.1, 0.15) is 0 Å². The highest BCUT2D eigenvalue weighted by molar-refractivity contribution is 5.59. The van der Waals surface area contributed by atoms with Crippen LogP contribution < -0.4 is 11.1 Å². The topological polar surface area (TPSA) is 70.9 Å². The highest BCUT2D eigenvalue weighted by Gasteiger charge is 2.11. The van der Waals surface area contributed by atoms with Crippen molar-refractivity contribution in [1.82, 2.24) is 10.1 Å². The standard InChI is InChI=1S/C18H17N3O2/c1-11-6-13(9-15(7-11)17-20-18(22)23-21-17)8-12-2-3-14-4-5-19-16(14)10-12/h2-3,6-7,9-10,19H,4-5,8H2,1H3,(H,20,21,22). The van der Waals surface area contributed by atoms with Gasteiger partial charge in [0.25, 0.3) is 0 Å². The Hall–Kier alpha value is -2.82. The fourth-order valence-electron chi connectivity index (χ4n) is 3.14. The van der Waals surface area contributed by atoms with Crippen LogP contribution in [0.3, 0.4) is 0 Å². The summed E-state index contributed by atoms with van der Waals surface area (Å²) < 4.78 is 4.60. The first-order chi connectivity index (χ1) is 11.2. The van der Waals surface area contributed by atoms with Crippen LogP contribution in [0.25, 0.3) is 11.4 Å². The lowest BCUT2D eigenvalue weighted by Crippen LogP contribution is -1.96. The van der Waals surface area contributed by atoms with Crippen molar-refractivity contribution in [1.29, 1.82) is 0 Å². The summed E-state index contributed by atoms with van der Waals surface area (Å²) in [6.07, 6.45) is 1.94. The van der Waals surface area contributed by atoms with E-state index >= 15 is 0 Å². The minimum absolute atomic E-state index is 0.468. The van der Waals surface area contributed by atoms with E-state index in [-0.39, 0.29) is 0 Å². The molecule has 116 valence electrons. The number of hydrogen-bond donors (Lipinski definition) is 2. The van der Waals surface area contributed by atoms with Gasteiger partial charge in [-0.15, -0.1) is 0 Å². The van der Waals surface area contributed by atoms with Crippen LogP contribution in [0.4, 0.5) is 5.69 Å². The lowest BCUT2D eigenvalue weighted by Gasteiger charge is -2.08. The number of anilines is 1. The van der Waals surface area contributed by atoms with Gasteiger partial charge < -0.3 is 5.32 Å². The van der Waals surface area contributed by atoms with Crippen molar-refractivity contribution in [2.45, 2.75) is 19.8 Å². The van der Waals surface area contributed by atoms with Gasteiger partial charge in [-0.1, -0.05) is 28.9 Å². The average molecular weight is 307 g/mol. The largest absolute Gasteiger partial charge is 0.439 e. The lowest BCUT2D eigenvalue weighted by atomic mass is 9.98. The predicted octanol–water partition coefficient (Wildman–Crippen LogP) is 2.90. The molecule has 5 nitrogen and oxygen atoms in total. The van der Waals surface area contributed by atoms with Crippen molar-refractivity contribution in [3.05, 3.63) is 69.2 Å². The van der Waals surface area contributed by atoms with Gasteiger partial charge in [-0.2, -0.15) is 0 Å². The number of benzene rings is 2. The van der Waals surface area contributed by atoms with Gasteiger partial charge >= 0.3 is 5.76 Å². The number of hydrogen-bond acceptors (Lipinski definition) is 4. The first-order valence-corrected chi connectivity index (χ1v) is 7.70. The Labute approximate surface area is 133 Å². The Balaban J connectivity index is 1.66. The zero-order valence-corrected chi connectivity index (χ0v) is 12.8. The van der Waals surface area contributed by atoms with E-state index in [4.69, 9.17) is 0 Å². The highest BCUT2D eigenvalue weighted by atomic mass is 16.5. The molecule has 23 heavy (non-hydrogen) atoms. The zero-order chi connectivity index (χ0) is 15.8. The summed E-state index contributed by atoms with van der Waals surface area (Å²) in [6.45, 7) is 3.06. The maximum absolute atomic E-state index is 11.1. The van der Waals surface area contributed by atoms with Crippen molar-refractivity contribution in [2.75, 3.05) is 11.9 Å². The van der Waals surface area contributed by atoms with Gasteiger partial charge in [-0.05, 0) is 54.7 Å². The van der Waals surface area contributed by atoms with E-state index in [9.17, 15) is 4.79 Å². The van der Waals surface area contributed by atoms with Crippen LogP contribution in [0.2, 0.25) is 0 Å². The van der Waals surface area contributed by atoms with E-state index in [1.165, 1.54) is 22.4 Å². The Morgan fingerprint density at radius 1 is 1.17 bits per heavy atom. The van der Waals surface area contributed by atoms with Crippen molar-refractivity contribution in [3.8, 4) is 11.4 Å². The fourth-order valence-corrected chi connectivity index (χ4v) is 3.14. The molecule has 1 aliphatic rings. The monoisotopic (exact) mass is 307 g/mol. The van der Waals surface area contributed by atoms with Crippen LogP contribution in [0.5, 0.6) is 0 Å². The molecule has 5 heteroatoms. The number of aryl methyl sites for hydroxylation is 1. The van der Waals surface area contributed by atoms with Gasteiger partial charge in [0.2, 0.25) is 0 Å². The van der Waals surface area contributed by atoms with E-state index in [2.05, 4.69) is 44.2 Å². The molecule has 0 amide bonds. The number of fused-ring (bicyclic) bond motifs is 1. The number of aromatic amines is 1. The van der Waals surface area contributed by atoms with E-state index in [0.29, 0.717) is 5.82 Å². The molecule has 1 aliphatic heterocycles. The molecule has 2 heterocycles. The van der Waals surface area contributed by atoms with E-state index in [1.807, 2.05) is 19.1 Å². The Bertz CT molecular complexity index is 924. The van der Waals surface area contributed by atoms with Crippen LogP contribution >= 0.6 is 0 Å². The maximum Gasteiger partial charge on any atom is 0.439 e. The molecule has 2 aromatic carbocycles. The molecular formula is C18H17N3O2. The Morgan fingerprint density at radius 3 is 2.91 bits per heavy atom. The average Bonchev–Trinajstić information content (AvgIpc) is 3.15. The summed E-state index contributed by atoms with van der Waals surface area (Å²) in [5.74, 6) is -0.0664. The van der Waals surface area contributed by atoms with E-state index < -0.39 is 5.76 Å². The maximum atomic E-state index is 11.1. The van der Waals surface area contributed by atoms with Gasteiger partial charge in [-0.3, -0.25) is 9.51 Å². The second-order valence-electron chi connectivity index (χ2n) is 6.00. The Morgan fingerprint density at radius 2 is 2.09 bits per heavy atom. The second-order valence-corrected chi connectivity index (χ2v) is 6.00. The summed E-state index contributed by atoms with van der Waals surface area (Å²) >= 11 is 0. The summed E-state index contributed by atoms with van der Waals surface area (Å²) in [7, 11) is 0. The molecule has 1 aromatic heterocycles. The number of nitrogens with one attached hydrogen (secondary N) is 2. The van der Waals surface area contributed by atoms with Crippen LogP contribution in [0.15, 0.2) is 45.7 Å². The molecule has 3 aromatic rings. The minimum Gasteiger partial charge on any atom is -0.384 e. The third-order valence-electron chi connectivity index (χ3n) is 4.14. The molecule has 0 spiro atoms. The summed E-state index contributed by atoms with van der Waals surface area (Å²) in [6, 6.07) is 12.8. The van der Waals surface area contributed by atoms with Gasteiger partial charge in [0, 0.05) is 17.8 Å². The molecular weight excluding hydrogens is 290 g/mol. The second kappa shape index (κ2) is 5.43. The number of H-pyrrole nitrogens is 1. The first-order valence-electron chi connectivity index (χ1n) is 7.70. The van der Waals surface area contributed by atoms with Crippen molar-refractivity contribution < 1.29 is 4.52 Å². The molecule has 0 atom stereocenters. The molecule has 0 aliphatic carbocycles. The number of nitrogens with zero attached hydrogens (tertiary/aromatic N) is 1. The molecule has 0 saturated carbocycles. The predicted molar refractivity (Wildman–Crippen MR) is 88.7 cm³/mol. The molecule has 2 N–H and O–H groups in total. The van der Waals surface area contributed by atoms with Crippen LogP contribution in [-0.2, 0) is 12.8 Å². The molecule has 0 radical (unpaired) electrons. The first kappa shape index (κ1) is 13.8.